The maximum Gasteiger partial charge on any atom is 0.401 e. The zero-order valence-electron chi connectivity index (χ0n) is 14.6. The third kappa shape index (κ3) is 7.21. The van der Waals surface area contributed by atoms with E-state index >= 15 is 0 Å². The van der Waals surface area contributed by atoms with Gasteiger partial charge in [0.2, 0.25) is 0 Å². The Balaban J connectivity index is 2.54. The van der Waals surface area contributed by atoms with Crippen LogP contribution in [-0.2, 0) is 12.8 Å². The summed E-state index contributed by atoms with van der Waals surface area (Å²) in [5.41, 5.74) is 9.23. The second kappa shape index (κ2) is 9.52. The van der Waals surface area contributed by atoms with Crippen molar-refractivity contribution in [1.82, 2.24) is 4.90 Å². The van der Waals surface area contributed by atoms with Crippen LogP contribution in [0.1, 0.15) is 31.4 Å². The van der Waals surface area contributed by atoms with E-state index in [9.17, 15) is 13.2 Å². The van der Waals surface area contributed by atoms with E-state index in [2.05, 4.69) is 24.2 Å². The molecule has 0 amide bonds. The molecule has 0 aliphatic rings. The molecule has 24 heavy (non-hydrogen) atoms. The van der Waals surface area contributed by atoms with Crippen molar-refractivity contribution >= 4 is 11.6 Å². The van der Waals surface area contributed by atoms with Gasteiger partial charge >= 0.3 is 6.18 Å². The van der Waals surface area contributed by atoms with Crippen LogP contribution in [0.2, 0.25) is 0 Å². The molecule has 0 aromatic heterocycles. The number of halogens is 3. The molecule has 0 aliphatic heterocycles. The number of nitrogens with one attached hydrogen (secondary N) is 1. The minimum Gasteiger partial charge on any atom is -0.370 e. The third-order valence-corrected chi connectivity index (χ3v) is 3.68. The Morgan fingerprint density at radius 1 is 1.21 bits per heavy atom. The molecule has 136 valence electrons. The summed E-state index contributed by atoms with van der Waals surface area (Å²) in [6.45, 7) is 3.94. The van der Waals surface area contributed by atoms with Gasteiger partial charge in [0.05, 0.1) is 6.54 Å². The third-order valence-electron chi connectivity index (χ3n) is 3.68. The van der Waals surface area contributed by atoms with Crippen LogP contribution in [0, 0.1) is 0 Å². The molecule has 0 bridgehead atoms. The van der Waals surface area contributed by atoms with Gasteiger partial charge in [-0.15, -0.1) is 0 Å². The maximum atomic E-state index is 12.2. The summed E-state index contributed by atoms with van der Waals surface area (Å²) >= 11 is 0. The van der Waals surface area contributed by atoms with E-state index in [1.54, 1.807) is 0 Å². The number of alkyl halides is 3. The lowest BCUT2D eigenvalue weighted by Gasteiger charge is -2.18. The smallest absolute Gasteiger partial charge is 0.370 e. The van der Waals surface area contributed by atoms with E-state index in [-0.39, 0.29) is 0 Å². The number of benzene rings is 1. The monoisotopic (exact) mass is 344 g/mol. The van der Waals surface area contributed by atoms with Crippen LogP contribution in [0.4, 0.5) is 18.9 Å². The standard InChI is InChI=1S/C17H27F3N4/c1-4-13-8-6-9-14(5-2)15(13)23-16(21)22-10-7-11-24(3)12-17(18,19)20/h6,8-9H,4-5,7,10-12H2,1-3H3,(H3,21,22,23). The Labute approximate surface area is 141 Å². The second-order valence-electron chi connectivity index (χ2n) is 5.76. The van der Waals surface area contributed by atoms with E-state index in [0.29, 0.717) is 25.5 Å². The molecule has 1 aromatic rings. The molecule has 0 spiro atoms. The molecule has 0 aliphatic carbocycles. The minimum absolute atomic E-state index is 0.295. The number of aliphatic imine (C=N–C) groups is 1. The van der Waals surface area contributed by atoms with Gasteiger partial charge in [-0.2, -0.15) is 13.2 Å². The first kappa shape index (κ1) is 20.3. The van der Waals surface area contributed by atoms with Crippen molar-refractivity contribution in [2.45, 2.75) is 39.3 Å². The van der Waals surface area contributed by atoms with Crippen molar-refractivity contribution in [2.75, 3.05) is 32.0 Å². The predicted molar refractivity (Wildman–Crippen MR) is 93.5 cm³/mol. The van der Waals surface area contributed by atoms with Crippen molar-refractivity contribution in [2.24, 2.45) is 10.7 Å². The second-order valence-corrected chi connectivity index (χ2v) is 5.76. The molecule has 0 atom stereocenters. The molecule has 0 unspecified atom stereocenters. The molecular weight excluding hydrogens is 317 g/mol. The summed E-state index contributed by atoms with van der Waals surface area (Å²) in [4.78, 5) is 5.45. The molecule has 0 radical (unpaired) electrons. The van der Waals surface area contributed by atoms with Crippen molar-refractivity contribution in [3.63, 3.8) is 0 Å². The molecule has 7 heteroatoms. The number of nitrogens with zero attached hydrogens (tertiary/aromatic N) is 2. The summed E-state index contributed by atoms with van der Waals surface area (Å²) in [7, 11) is 1.45. The molecule has 1 rings (SSSR count). The lowest BCUT2D eigenvalue weighted by atomic mass is 10.0. The molecule has 0 saturated carbocycles. The highest BCUT2D eigenvalue weighted by molar-refractivity contribution is 5.93. The lowest BCUT2D eigenvalue weighted by molar-refractivity contribution is -0.143. The number of guanidine groups is 1. The highest BCUT2D eigenvalue weighted by atomic mass is 19.4. The molecule has 1 aromatic carbocycles. The van der Waals surface area contributed by atoms with E-state index in [1.807, 2.05) is 18.2 Å². The quantitative estimate of drug-likeness (QED) is 0.432. The SMILES string of the molecule is CCc1cccc(CC)c1NC(N)=NCCCN(C)CC(F)(F)F. The molecular formula is C17H27F3N4. The summed E-state index contributed by atoms with van der Waals surface area (Å²) < 4.78 is 36.7. The highest BCUT2D eigenvalue weighted by Gasteiger charge is 2.28. The van der Waals surface area contributed by atoms with Gasteiger partial charge in [0, 0.05) is 12.2 Å². The first-order valence-electron chi connectivity index (χ1n) is 8.19. The Kier molecular flexibility index (Phi) is 8.04. The van der Waals surface area contributed by atoms with Crippen LogP contribution in [0.25, 0.3) is 0 Å². The van der Waals surface area contributed by atoms with Crippen LogP contribution in [0.5, 0.6) is 0 Å². The first-order chi connectivity index (χ1) is 11.3. The Morgan fingerprint density at radius 3 is 2.29 bits per heavy atom. The van der Waals surface area contributed by atoms with Crippen molar-refractivity contribution < 1.29 is 13.2 Å². The number of hydrogen-bond donors (Lipinski definition) is 2. The average molecular weight is 344 g/mol. The highest BCUT2D eigenvalue weighted by Crippen LogP contribution is 2.22. The van der Waals surface area contributed by atoms with Gasteiger partial charge in [0.25, 0.3) is 0 Å². The summed E-state index contributed by atoms with van der Waals surface area (Å²) in [5.74, 6) is 0.295. The van der Waals surface area contributed by atoms with Crippen LogP contribution in [0.15, 0.2) is 23.2 Å². The van der Waals surface area contributed by atoms with E-state index in [1.165, 1.54) is 11.9 Å². The predicted octanol–water partition coefficient (Wildman–Crippen LogP) is 3.42. The number of nitrogens with two attached hydrogens (primary N) is 1. The Morgan fingerprint density at radius 2 is 1.79 bits per heavy atom. The van der Waals surface area contributed by atoms with Gasteiger partial charge in [-0.1, -0.05) is 32.0 Å². The lowest BCUT2D eigenvalue weighted by Crippen LogP contribution is -2.32. The zero-order valence-corrected chi connectivity index (χ0v) is 14.6. The van der Waals surface area contributed by atoms with Crippen LogP contribution in [-0.4, -0.2) is 43.7 Å². The number of rotatable bonds is 8. The van der Waals surface area contributed by atoms with Crippen molar-refractivity contribution in [1.29, 1.82) is 0 Å². The van der Waals surface area contributed by atoms with Crippen LogP contribution < -0.4 is 11.1 Å². The van der Waals surface area contributed by atoms with Crippen molar-refractivity contribution in [3.05, 3.63) is 29.3 Å². The van der Waals surface area contributed by atoms with Crippen LogP contribution >= 0.6 is 0 Å². The fourth-order valence-electron chi connectivity index (χ4n) is 2.50. The number of anilines is 1. The number of para-hydroxylation sites is 1. The van der Waals surface area contributed by atoms with E-state index in [4.69, 9.17) is 5.73 Å². The van der Waals surface area contributed by atoms with Gasteiger partial charge in [0.1, 0.15) is 0 Å². The minimum atomic E-state index is -4.17. The van der Waals surface area contributed by atoms with Gasteiger partial charge < -0.3 is 11.1 Å². The first-order valence-corrected chi connectivity index (χ1v) is 8.19. The fraction of sp³-hybridized carbons (Fsp3) is 0.588. The number of aryl methyl sites for hydroxylation is 2. The van der Waals surface area contributed by atoms with Crippen molar-refractivity contribution in [3.8, 4) is 0 Å². The average Bonchev–Trinajstić information content (AvgIpc) is 2.50. The Bertz CT molecular complexity index is 519. The normalized spacial score (nSPS) is 12.7. The van der Waals surface area contributed by atoms with Crippen LogP contribution in [0.3, 0.4) is 0 Å². The van der Waals surface area contributed by atoms with Gasteiger partial charge in [-0.3, -0.25) is 9.89 Å². The molecule has 0 heterocycles. The van der Waals surface area contributed by atoms with Gasteiger partial charge in [-0.25, -0.2) is 0 Å². The van der Waals surface area contributed by atoms with E-state index < -0.39 is 12.7 Å². The topological polar surface area (TPSA) is 53.6 Å². The summed E-state index contributed by atoms with van der Waals surface area (Å²) in [5, 5.41) is 3.14. The van der Waals surface area contributed by atoms with Gasteiger partial charge in [0.15, 0.2) is 5.96 Å². The molecule has 0 fully saturated rings. The summed E-state index contributed by atoms with van der Waals surface area (Å²) in [6.07, 6.45) is -1.89. The Hall–Kier alpha value is -1.76. The molecule has 0 saturated heterocycles. The largest absolute Gasteiger partial charge is 0.401 e. The molecule has 4 nitrogen and oxygen atoms in total. The summed E-state index contributed by atoms with van der Waals surface area (Å²) in [6, 6.07) is 6.11. The zero-order chi connectivity index (χ0) is 18.2. The number of hydrogen-bond acceptors (Lipinski definition) is 2. The van der Waals surface area contributed by atoms with Gasteiger partial charge in [-0.05, 0) is 44.0 Å². The molecule has 3 N–H and O–H groups in total. The van der Waals surface area contributed by atoms with E-state index in [0.717, 1.165) is 29.7 Å². The fourth-order valence-corrected chi connectivity index (χ4v) is 2.50. The maximum absolute atomic E-state index is 12.2.